The van der Waals surface area contributed by atoms with E-state index in [0.29, 0.717) is 30.5 Å². The molecule has 18 heavy (non-hydrogen) atoms. The first-order valence-corrected chi connectivity index (χ1v) is 6.11. The van der Waals surface area contributed by atoms with E-state index < -0.39 is 0 Å². The number of rotatable bonds is 3. The van der Waals surface area contributed by atoms with Gasteiger partial charge >= 0.3 is 0 Å². The molecule has 1 fully saturated rings. The van der Waals surface area contributed by atoms with Crippen LogP contribution in [0.15, 0.2) is 10.6 Å². The smallest absolute Gasteiger partial charge is 0.276 e. The summed E-state index contributed by atoms with van der Waals surface area (Å²) in [6.07, 6.45) is 0.926. The summed E-state index contributed by atoms with van der Waals surface area (Å²) in [5, 5.41) is 3.77. The molecule has 0 bridgehead atoms. The molecule has 1 aliphatic rings. The largest absolute Gasteiger partial charge is 0.377 e. The summed E-state index contributed by atoms with van der Waals surface area (Å²) in [4.78, 5) is 13.9. The van der Waals surface area contributed by atoms with Crippen LogP contribution in [0.25, 0.3) is 0 Å². The van der Waals surface area contributed by atoms with E-state index in [1.807, 2.05) is 0 Å². The van der Waals surface area contributed by atoms with Crippen molar-refractivity contribution >= 4 is 5.91 Å². The van der Waals surface area contributed by atoms with Crippen molar-refractivity contribution in [3.05, 3.63) is 17.5 Å². The number of piperidine rings is 1. The standard InChI is InChI=1S/C12H19N3O3/c1-8-3-4-15(6-10(8)13)12(16)11-5-9(7-17-2)18-14-11/h5,8,10H,3-4,6-7,13H2,1-2H3. The van der Waals surface area contributed by atoms with E-state index in [9.17, 15) is 4.79 Å². The Hall–Kier alpha value is -1.40. The third-order valence-corrected chi connectivity index (χ3v) is 3.37. The number of carbonyl (C=O) groups excluding carboxylic acids is 1. The number of likely N-dealkylation sites (tertiary alicyclic amines) is 1. The molecule has 1 aliphatic heterocycles. The van der Waals surface area contributed by atoms with Gasteiger partial charge in [-0.3, -0.25) is 4.79 Å². The number of carbonyl (C=O) groups is 1. The fraction of sp³-hybridized carbons (Fsp3) is 0.667. The highest BCUT2D eigenvalue weighted by atomic mass is 16.5. The Morgan fingerprint density at radius 2 is 2.50 bits per heavy atom. The molecule has 1 amide bonds. The first-order chi connectivity index (χ1) is 8.61. The molecule has 1 aromatic rings. The number of methoxy groups -OCH3 is 1. The Bertz CT molecular complexity index is 418. The van der Waals surface area contributed by atoms with Gasteiger partial charge in [0.2, 0.25) is 0 Å². The second-order valence-corrected chi connectivity index (χ2v) is 4.79. The van der Waals surface area contributed by atoms with Gasteiger partial charge in [-0.2, -0.15) is 0 Å². The molecular formula is C12H19N3O3. The van der Waals surface area contributed by atoms with Gasteiger partial charge in [0.05, 0.1) is 0 Å². The maximum atomic E-state index is 12.2. The molecule has 6 nitrogen and oxygen atoms in total. The van der Waals surface area contributed by atoms with Crippen LogP contribution in [0.4, 0.5) is 0 Å². The second-order valence-electron chi connectivity index (χ2n) is 4.79. The van der Waals surface area contributed by atoms with Gasteiger partial charge in [-0.1, -0.05) is 12.1 Å². The van der Waals surface area contributed by atoms with Crippen molar-refractivity contribution in [3.63, 3.8) is 0 Å². The van der Waals surface area contributed by atoms with Crippen LogP contribution in [0, 0.1) is 5.92 Å². The lowest BCUT2D eigenvalue weighted by Crippen LogP contribution is -2.49. The third-order valence-electron chi connectivity index (χ3n) is 3.37. The van der Waals surface area contributed by atoms with Gasteiger partial charge < -0.3 is 19.9 Å². The Morgan fingerprint density at radius 3 is 3.17 bits per heavy atom. The molecule has 2 heterocycles. The highest BCUT2D eigenvalue weighted by Crippen LogP contribution is 2.17. The Balaban J connectivity index is 2.02. The summed E-state index contributed by atoms with van der Waals surface area (Å²) >= 11 is 0. The number of amides is 1. The summed E-state index contributed by atoms with van der Waals surface area (Å²) < 4.78 is 9.93. The van der Waals surface area contributed by atoms with Crippen molar-refractivity contribution in [2.45, 2.75) is 26.0 Å². The fourth-order valence-corrected chi connectivity index (χ4v) is 2.07. The number of aromatic nitrogens is 1. The molecule has 0 saturated carbocycles. The molecule has 1 saturated heterocycles. The molecule has 1 aromatic heterocycles. The van der Waals surface area contributed by atoms with Gasteiger partial charge in [-0.05, 0) is 12.3 Å². The van der Waals surface area contributed by atoms with Gasteiger partial charge in [-0.15, -0.1) is 0 Å². The molecule has 0 spiro atoms. The first-order valence-electron chi connectivity index (χ1n) is 6.11. The zero-order valence-electron chi connectivity index (χ0n) is 10.8. The highest BCUT2D eigenvalue weighted by molar-refractivity contribution is 5.92. The predicted octanol–water partition coefficient (Wildman–Crippen LogP) is 0.630. The molecule has 2 atom stereocenters. The maximum absolute atomic E-state index is 12.2. The van der Waals surface area contributed by atoms with Crippen molar-refractivity contribution in [1.29, 1.82) is 0 Å². The summed E-state index contributed by atoms with van der Waals surface area (Å²) in [6, 6.07) is 1.66. The van der Waals surface area contributed by atoms with Gasteiger partial charge in [-0.25, -0.2) is 0 Å². The number of nitrogens with two attached hydrogens (primary N) is 1. The zero-order chi connectivity index (χ0) is 13.1. The lowest BCUT2D eigenvalue weighted by Gasteiger charge is -2.34. The topological polar surface area (TPSA) is 81.6 Å². The van der Waals surface area contributed by atoms with E-state index in [1.165, 1.54) is 0 Å². The minimum Gasteiger partial charge on any atom is -0.377 e. The van der Waals surface area contributed by atoms with Crippen molar-refractivity contribution in [1.82, 2.24) is 10.1 Å². The average Bonchev–Trinajstić information content (AvgIpc) is 2.81. The lowest BCUT2D eigenvalue weighted by atomic mass is 9.94. The summed E-state index contributed by atoms with van der Waals surface area (Å²) in [6.45, 7) is 3.72. The van der Waals surface area contributed by atoms with Crippen molar-refractivity contribution in [3.8, 4) is 0 Å². The summed E-state index contributed by atoms with van der Waals surface area (Å²) in [5.74, 6) is 0.884. The first kappa shape index (κ1) is 13.0. The number of hydrogen-bond acceptors (Lipinski definition) is 5. The molecule has 0 radical (unpaired) electrons. The van der Waals surface area contributed by atoms with Crippen LogP contribution in [0.2, 0.25) is 0 Å². The highest BCUT2D eigenvalue weighted by Gasteiger charge is 2.28. The molecule has 0 aromatic carbocycles. The van der Waals surface area contributed by atoms with E-state index in [-0.39, 0.29) is 11.9 Å². The minimum atomic E-state index is -0.122. The zero-order valence-corrected chi connectivity index (χ0v) is 10.8. The molecule has 100 valence electrons. The van der Waals surface area contributed by atoms with E-state index in [2.05, 4.69) is 12.1 Å². The van der Waals surface area contributed by atoms with Crippen LogP contribution in [-0.4, -0.2) is 42.2 Å². The van der Waals surface area contributed by atoms with Crippen LogP contribution in [0.5, 0.6) is 0 Å². The maximum Gasteiger partial charge on any atom is 0.276 e. The summed E-state index contributed by atoms with van der Waals surface area (Å²) in [7, 11) is 1.56. The Labute approximate surface area is 106 Å². The van der Waals surface area contributed by atoms with Crippen LogP contribution in [-0.2, 0) is 11.3 Å². The lowest BCUT2D eigenvalue weighted by molar-refractivity contribution is 0.0661. The van der Waals surface area contributed by atoms with Crippen molar-refractivity contribution < 1.29 is 14.1 Å². The molecule has 0 aliphatic carbocycles. The molecule has 6 heteroatoms. The van der Waals surface area contributed by atoms with Crippen LogP contribution >= 0.6 is 0 Å². The van der Waals surface area contributed by atoms with Gasteiger partial charge in [0, 0.05) is 32.3 Å². The van der Waals surface area contributed by atoms with E-state index >= 15 is 0 Å². The van der Waals surface area contributed by atoms with Gasteiger partial charge in [0.25, 0.3) is 5.91 Å². The number of ether oxygens (including phenoxy) is 1. The predicted molar refractivity (Wildman–Crippen MR) is 64.9 cm³/mol. The van der Waals surface area contributed by atoms with E-state index in [4.69, 9.17) is 15.0 Å². The quantitative estimate of drug-likeness (QED) is 0.854. The monoisotopic (exact) mass is 253 g/mol. The van der Waals surface area contributed by atoms with Crippen LogP contribution < -0.4 is 5.73 Å². The fourth-order valence-electron chi connectivity index (χ4n) is 2.07. The van der Waals surface area contributed by atoms with Gasteiger partial charge in [0.1, 0.15) is 6.61 Å². The van der Waals surface area contributed by atoms with Crippen LogP contribution in [0.1, 0.15) is 29.6 Å². The van der Waals surface area contributed by atoms with E-state index in [0.717, 1.165) is 13.0 Å². The van der Waals surface area contributed by atoms with Crippen LogP contribution in [0.3, 0.4) is 0 Å². The number of hydrogen-bond donors (Lipinski definition) is 1. The second kappa shape index (κ2) is 5.49. The van der Waals surface area contributed by atoms with Crippen molar-refractivity contribution in [2.24, 2.45) is 11.7 Å². The minimum absolute atomic E-state index is 0.0352. The molecule has 2 N–H and O–H groups in total. The van der Waals surface area contributed by atoms with E-state index in [1.54, 1.807) is 18.1 Å². The molecule has 2 unspecified atom stereocenters. The van der Waals surface area contributed by atoms with Crippen molar-refractivity contribution in [2.75, 3.05) is 20.2 Å². The summed E-state index contributed by atoms with van der Waals surface area (Å²) in [5.41, 5.74) is 6.30. The van der Waals surface area contributed by atoms with Gasteiger partial charge in [0.15, 0.2) is 11.5 Å². The molecule has 2 rings (SSSR count). The Morgan fingerprint density at radius 1 is 1.72 bits per heavy atom. The molecular weight excluding hydrogens is 234 g/mol. The SMILES string of the molecule is COCc1cc(C(=O)N2CCC(C)C(N)C2)no1. The third kappa shape index (κ3) is 2.70. The number of nitrogens with zero attached hydrogens (tertiary/aromatic N) is 2. The average molecular weight is 253 g/mol. The normalized spacial score (nSPS) is 24.3. The Kier molecular flexibility index (Phi) is 3.98.